The highest BCUT2D eigenvalue weighted by molar-refractivity contribution is 7.93. The van der Waals surface area contributed by atoms with Gasteiger partial charge in [-0.2, -0.15) is 0 Å². The highest BCUT2D eigenvalue weighted by atomic mass is 32.2. The van der Waals surface area contributed by atoms with E-state index < -0.39 is 22.5 Å². The van der Waals surface area contributed by atoms with Crippen LogP contribution >= 0.6 is 0 Å². The average molecular weight is 499 g/mol. The third kappa shape index (κ3) is 5.68. The Balaban J connectivity index is 2.02. The fourth-order valence-electron chi connectivity index (χ4n) is 3.54. The first-order chi connectivity index (χ1) is 16.6. The van der Waals surface area contributed by atoms with Crippen LogP contribution in [0.25, 0.3) is 0 Å². The van der Waals surface area contributed by atoms with Gasteiger partial charge in [0.05, 0.1) is 27.0 Å². The van der Waals surface area contributed by atoms with Gasteiger partial charge in [-0.3, -0.25) is 9.10 Å². The van der Waals surface area contributed by atoms with Crippen LogP contribution in [-0.4, -0.2) is 42.2 Å². The van der Waals surface area contributed by atoms with E-state index >= 15 is 0 Å². The number of ether oxygens (including phenoxy) is 3. The Bertz CT molecular complexity index is 1340. The van der Waals surface area contributed by atoms with Crippen LogP contribution in [0.4, 0.5) is 11.4 Å². The van der Waals surface area contributed by atoms with Gasteiger partial charge in [0.25, 0.3) is 10.0 Å². The van der Waals surface area contributed by atoms with Gasteiger partial charge in [0, 0.05) is 11.8 Å². The van der Waals surface area contributed by atoms with Crippen LogP contribution in [0.5, 0.6) is 17.2 Å². The molecule has 9 heteroatoms. The van der Waals surface area contributed by atoms with Crippen LogP contribution in [0, 0.1) is 20.8 Å². The van der Waals surface area contributed by atoms with Gasteiger partial charge in [-0.15, -0.1) is 0 Å². The van der Waals surface area contributed by atoms with E-state index in [1.54, 1.807) is 49.4 Å². The normalized spacial score (nSPS) is 11.0. The molecule has 3 aromatic carbocycles. The van der Waals surface area contributed by atoms with Crippen LogP contribution in [-0.2, 0) is 14.8 Å². The summed E-state index contributed by atoms with van der Waals surface area (Å²) in [6.07, 6.45) is 0. The van der Waals surface area contributed by atoms with E-state index in [-0.39, 0.29) is 10.6 Å². The SMILES string of the molecule is COc1ccc(NC(=O)CN(c2ccc(C)c(C)c2)S(=O)(=O)c2cc(C)ccc2OC)cc1OC. The highest BCUT2D eigenvalue weighted by Gasteiger charge is 2.30. The number of nitrogens with one attached hydrogen (secondary N) is 1. The maximum absolute atomic E-state index is 13.9. The molecule has 0 saturated carbocycles. The minimum absolute atomic E-state index is 0.0165. The minimum atomic E-state index is -4.16. The van der Waals surface area contributed by atoms with Crippen molar-refractivity contribution in [2.24, 2.45) is 0 Å². The number of hydrogen-bond acceptors (Lipinski definition) is 6. The molecule has 0 unspecified atom stereocenters. The molecular formula is C26H30N2O6S. The summed E-state index contributed by atoms with van der Waals surface area (Å²) >= 11 is 0. The summed E-state index contributed by atoms with van der Waals surface area (Å²) in [5.74, 6) is 0.625. The van der Waals surface area contributed by atoms with Crippen LogP contribution < -0.4 is 23.8 Å². The van der Waals surface area contributed by atoms with Crippen molar-refractivity contribution in [1.29, 1.82) is 0 Å². The number of methoxy groups -OCH3 is 3. The predicted molar refractivity (Wildman–Crippen MR) is 136 cm³/mol. The van der Waals surface area contributed by atoms with Crippen molar-refractivity contribution in [3.63, 3.8) is 0 Å². The number of benzene rings is 3. The van der Waals surface area contributed by atoms with Gasteiger partial charge in [0.2, 0.25) is 5.91 Å². The summed E-state index contributed by atoms with van der Waals surface area (Å²) in [5, 5.41) is 2.75. The van der Waals surface area contributed by atoms with E-state index in [9.17, 15) is 13.2 Å². The number of anilines is 2. The molecule has 8 nitrogen and oxygen atoms in total. The largest absolute Gasteiger partial charge is 0.495 e. The predicted octanol–water partition coefficient (Wildman–Crippen LogP) is 4.47. The first kappa shape index (κ1) is 25.9. The standard InChI is InChI=1S/C26H30N2O6S/c1-17-7-11-23(33-5)25(13-17)35(30,31)28(21-10-8-18(2)19(3)14-21)16-26(29)27-20-9-12-22(32-4)24(15-20)34-6/h7-15H,16H2,1-6H3,(H,27,29). The van der Waals surface area contributed by atoms with Crippen molar-refractivity contribution in [2.75, 3.05) is 37.5 Å². The van der Waals surface area contributed by atoms with E-state index in [1.807, 2.05) is 19.9 Å². The number of nitrogens with zero attached hydrogens (tertiary/aromatic N) is 1. The van der Waals surface area contributed by atoms with Crippen molar-refractivity contribution < 1.29 is 27.4 Å². The molecule has 0 radical (unpaired) electrons. The molecule has 1 amide bonds. The zero-order valence-electron chi connectivity index (χ0n) is 20.7. The lowest BCUT2D eigenvalue weighted by molar-refractivity contribution is -0.114. The molecule has 0 spiro atoms. The maximum atomic E-state index is 13.9. The summed E-state index contributed by atoms with van der Waals surface area (Å²) in [6.45, 7) is 5.17. The van der Waals surface area contributed by atoms with E-state index in [0.717, 1.165) is 21.0 Å². The third-order valence-corrected chi connectivity index (χ3v) is 7.42. The van der Waals surface area contributed by atoms with E-state index in [1.165, 1.54) is 27.4 Å². The van der Waals surface area contributed by atoms with Crippen molar-refractivity contribution in [2.45, 2.75) is 25.7 Å². The van der Waals surface area contributed by atoms with Gasteiger partial charge in [-0.25, -0.2) is 8.42 Å². The number of rotatable bonds is 9. The van der Waals surface area contributed by atoms with Gasteiger partial charge in [-0.1, -0.05) is 12.1 Å². The van der Waals surface area contributed by atoms with Gasteiger partial charge in [0.15, 0.2) is 11.5 Å². The van der Waals surface area contributed by atoms with Gasteiger partial charge < -0.3 is 19.5 Å². The second-order valence-electron chi connectivity index (χ2n) is 8.05. The smallest absolute Gasteiger partial charge is 0.268 e. The lowest BCUT2D eigenvalue weighted by atomic mass is 10.1. The second kappa shape index (κ2) is 10.7. The van der Waals surface area contributed by atoms with Crippen molar-refractivity contribution >= 4 is 27.3 Å². The Morgan fingerprint density at radius 3 is 2.09 bits per heavy atom. The summed E-state index contributed by atoms with van der Waals surface area (Å²) < 4.78 is 44.7. The number of aryl methyl sites for hydroxylation is 3. The maximum Gasteiger partial charge on any atom is 0.268 e. The fraction of sp³-hybridized carbons (Fsp3) is 0.269. The second-order valence-corrected chi connectivity index (χ2v) is 9.88. The van der Waals surface area contributed by atoms with Crippen molar-refractivity contribution in [3.8, 4) is 17.2 Å². The topological polar surface area (TPSA) is 94.2 Å². The van der Waals surface area contributed by atoms with Crippen LogP contribution in [0.1, 0.15) is 16.7 Å². The molecule has 0 heterocycles. The monoisotopic (exact) mass is 498 g/mol. The first-order valence-electron chi connectivity index (χ1n) is 10.9. The van der Waals surface area contributed by atoms with Crippen LogP contribution in [0.2, 0.25) is 0 Å². The summed E-state index contributed by atoms with van der Waals surface area (Å²) in [7, 11) is 0.262. The Morgan fingerprint density at radius 1 is 0.800 bits per heavy atom. The van der Waals surface area contributed by atoms with E-state index in [2.05, 4.69) is 5.32 Å². The summed E-state index contributed by atoms with van der Waals surface area (Å²) in [6, 6.07) is 15.1. The molecule has 0 aliphatic heterocycles. The summed E-state index contributed by atoms with van der Waals surface area (Å²) in [4.78, 5) is 13.1. The molecule has 0 aliphatic carbocycles. The lowest BCUT2D eigenvalue weighted by Gasteiger charge is -2.26. The highest BCUT2D eigenvalue weighted by Crippen LogP contribution is 2.32. The van der Waals surface area contributed by atoms with Crippen LogP contribution in [0.3, 0.4) is 0 Å². The van der Waals surface area contributed by atoms with E-state index in [0.29, 0.717) is 22.9 Å². The zero-order chi connectivity index (χ0) is 25.8. The molecule has 0 bridgehead atoms. The van der Waals surface area contributed by atoms with E-state index in [4.69, 9.17) is 14.2 Å². The number of carbonyl (C=O) groups excluding carboxylic acids is 1. The number of sulfonamides is 1. The molecule has 3 aromatic rings. The Hall–Kier alpha value is -3.72. The first-order valence-corrected chi connectivity index (χ1v) is 12.3. The molecule has 1 N–H and O–H groups in total. The average Bonchev–Trinajstić information content (AvgIpc) is 2.84. The molecule has 186 valence electrons. The molecule has 0 aliphatic rings. The summed E-state index contributed by atoms with van der Waals surface area (Å²) in [5.41, 5.74) is 3.48. The number of amides is 1. The van der Waals surface area contributed by atoms with Gasteiger partial charge in [0.1, 0.15) is 17.2 Å². The molecule has 35 heavy (non-hydrogen) atoms. The Morgan fingerprint density at radius 2 is 1.46 bits per heavy atom. The van der Waals surface area contributed by atoms with Gasteiger partial charge in [-0.05, 0) is 73.9 Å². The quantitative estimate of drug-likeness (QED) is 0.468. The Kier molecular flexibility index (Phi) is 7.91. The number of carbonyl (C=O) groups is 1. The third-order valence-electron chi connectivity index (χ3n) is 5.62. The fourth-order valence-corrected chi connectivity index (χ4v) is 5.20. The van der Waals surface area contributed by atoms with Gasteiger partial charge >= 0.3 is 0 Å². The lowest BCUT2D eigenvalue weighted by Crippen LogP contribution is -2.38. The molecule has 0 fully saturated rings. The Labute approximate surface area is 206 Å². The molecular weight excluding hydrogens is 468 g/mol. The van der Waals surface area contributed by atoms with Crippen molar-refractivity contribution in [1.82, 2.24) is 0 Å². The molecule has 0 aromatic heterocycles. The zero-order valence-corrected chi connectivity index (χ0v) is 21.5. The minimum Gasteiger partial charge on any atom is -0.495 e. The molecule has 3 rings (SSSR count). The van der Waals surface area contributed by atoms with Crippen LogP contribution in [0.15, 0.2) is 59.5 Å². The van der Waals surface area contributed by atoms with Crippen molar-refractivity contribution in [3.05, 3.63) is 71.3 Å². The number of hydrogen-bond donors (Lipinski definition) is 1. The molecule has 0 atom stereocenters. The molecule has 0 saturated heterocycles.